The van der Waals surface area contributed by atoms with Gasteiger partial charge in [0, 0.05) is 25.9 Å². The minimum Gasteiger partial charge on any atom is -0.481 e. The van der Waals surface area contributed by atoms with E-state index in [4.69, 9.17) is 21.7 Å². The summed E-state index contributed by atoms with van der Waals surface area (Å²) < 4.78 is 0. The van der Waals surface area contributed by atoms with Crippen LogP contribution in [0.15, 0.2) is 4.99 Å². The smallest absolute Gasteiger partial charge is 0.326 e. The Morgan fingerprint density at radius 2 is 1.70 bits per heavy atom. The molecule has 8 N–H and O–H groups in total. The first-order valence-corrected chi connectivity index (χ1v) is 6.78. The Morgan fingerprint density at radius 1 is 1.04 bits per heavy atom. The number of aliphatic carboxylic acids is 2. The molecule has 11 nitrogen and oxygen atoms in total. The molecule has 0 fully saturated rings. The van der Waals surface area contributed by atoms with Crippen LogP contribution < -0.4 is 22.1 Å². The molecule has 0 bridgehead atoms. The van der Waals surface area contributed by atoms with Crippen molar-refractivity contribution in [1.82, 2.24) is 10.6 Å². The average Bonchev–Trinajstić information content (AvgIpc) is 2.42. The number of nitrogens with one attached hydrogen (secondary N) is 2. The van der Waals surface area contributed by atoms with Gasteiger partial charge in [-0.05, 0) is 6.42 Å². The van der Waals surface area contributed by atoms with E-state index >= 15 is 0 Å². The van der Waals surface area contributed by atoms with E-state index in [0.717, 1.165) is 0 Å². The summed E-state index contributed by atoms with van der Waals surface area (Å²) in [5.74, 6) is -3.81. The molecular formula is C12H21N5O6. The summed E-state index contributed by atoms with van der Waals surface area (Å²) in [5.41, 5.74) is 10.2. The van der Waals surface area contributed by atoms with Gasteiger partial charge in [-0.25, -0.2) is 4.79 Å². The normalized spacial score (nSPS) is 11.1. The Balaban J connectivity index is 3.96. The molecule has 23 heavy (non-hydrogen) atoms. The second-order valence-electron chi connectivity index (χ2n) is 4.57. The summed E-state index contributed by atoms with van der Waals surface area (Å²) >= 11 is 0. The van der Waals surface area contributed by atoms with Crippen LogP contribution in [-0.4, -0.2) is 59.1 Å². The molecule has 0 radical (unpaired) electrons. The molecule has 0 aromatic carbocycles. The van der Waals surface area contributed by atoms with Gasteiger partial charge in [-0.2, -0.15) is 0 Å². The highest BCUT2D eigenvalue weighted by atomic mass is 16.4. The zero-order chi connectivity index (χ0) is 17.8. The van der Waals surface area contributed by atoms with Crippen molar-refractivity contribution in [1.29, 1.82) is 0 Å². The fourth-order valence-corrected chi connectivity index (χ4v) is 1.49. The van der Waals surface area contributed by atoms with Gasteiger partial charge in [0.1, 0.15) is 6.04 Å². The molecule has 0 rings (SSSR count). The van der Waals surface area contributed by atoms with E-state index in [9.17, 15) is 19.2 Å². The van der Waals surface area contributed by atoms with Crippen molar-refractivity contribution >= 4 is 29.7 Å². The van der Waals surface area contributed by atoms with Crippen molar-refractivity contribution in [3.05, 3.63) is 0 Å². The maximum Gasteiger partial charge on any atom is 0.326 e. The molecule has 130 valence electrons. The lowest BCUT2D eigenvalue weighted by Gasteiger charge is -2.12. The molecule has 0 aromatic rings. The highest BCUT2D eigenvalue weighted by Gasteiger charge is 2.22. The van der Waals surface area contributed by atoms with Gasteiger partial charge in [0.05, 0.1) is 6.42 Å². The van der Waals surface area contributed by atoms with Crippen molar-refractivity contribution < 1.29 is 29.4 Å². The number of aliphatic imine (C=N–C) groups is 1. The number of hydrogen-bond donors (Lipinski definition) is 6. The molecule has 0 aromatic heterocycles. The summed E-state index contributed by atoms with van der Waals surface area (Å²) in [6.45, 7) is 0.318. The molecule has 0 saturated heterocycles. The van der Waals surface area contributed by atoms with Gasteiger partial charge < -0.3 is 32.3 Å². The molecule has 2 amide bonds. The quantitative estimate of drug-likeness (QED) is 0.137. The largest absolute Gasteiger partial charge is 0.481 e. The fourth-order valence-electron chi connectivity index (χ4n) is 1.49. The second kappa shape index (κ2) is 10.8. The third-order valence-electron chi connectivity index (χ3n) is 2.54. The van der Waals surface area contributed by atoms with Crippen LogP contribution in [-0.2, 0) is 19.2 Å². The first-order valence-electron chi connectivity index (χ1n) is 6.78. The van der Waals surface area contributed by atoms with E-state index < -0.39 is 30.3 Å². The minimum absolute atomic E-state index is 0.00632. The molecule has 0 aliphatic carbocycles. The van der Waals surface area contributed by atoms with Crippen LogP contribution in [0.25, 0.3) is 0 Å². The number of amides is 2. The third kappa shape index (κ3) is 11.5. The third-order valence-corrected chi connectivity index (χ3v) is 2.54. The Kier molecular flexibility index (Phi) is 9.48. The van der Waals surface area contributed by atoms with E-state index in [0.29, 0.717) is 13.0 Å². The van der Waals surface area contributed by atoms with Gasteiger partial charge >= 0.3 is 11.9 Å². The van der Waals surface area contributed by atoms with Crippen molar-refractivity contribution in [2.24, 2.45) is 16.5 Å². The van der Waals surface area contributed by atoms with Crippen LogP contribution in [0.2, 0.25) is 0 Å². The molecule has 0 spiro atoms. The molecule has 0 heterocycles. The van der Waals surface area contributed by atoms with Crippen LogP contribution in [0.3, 0.4) is 0 Å². The molecule has 11 heteroatoms. The Labute approximate surface area is 132 Å². The number of guanidine groups is 1. The van der Waals surface area contributed by atoms with Crippen LogP contribution in [0.1, 0.15) is 25.7 Å². The number of nitrogens with two attached hydrogens (primary N) is 2. The van der Waals surface area contributed by atoms with Gasteiger partial charge in [-0.15, -0.1) is 0 Å². The van der Waals surface area contributed by atoms with Crippen LogP contribution in [0.4, 0.5) is 0 Å². The van der Waals surface area contributed by atoms with Gasteiger partial charge in [0.25, 0.3) is 0 Å². The van der Waals surface area contributed by atoms with E-state index in [2.05, 4.69) is 15.6 Å². The topological polar surface area (TPSA) is 197 Å². The van der Waals surface area contributed by atoms with Crippen LogP contribution >= 0.6 is 0 Å². The SMILES string of the molecule is NC(N)=NCCCC(=O)NCCC(=O)NC(CC(=O)O)C(=O)O. The predicted octanol–water partition coefficient (Wildman–Crippen LogP) is -2.41. The maximum absolute atomic E-state index is 11.5. The standard InChI is InChI=1S/C12H21N5O6/c13-12(14)16-4-1-2-8(18)15-5-3-9(19)17-7(11(22)23)6-10(20)21/h7H,1-6H2,(H,15,18)(H,17,19)(H,20,21)(H,22,23)(H4,13,14,16). The molecule has 1 unspecified atom stereocenters. The van der Waals surface area contributed by atoms with Crippen molar-refractivity contribution in [2.45, 2.75) is 31.7 Å². The van der Waals surface area contributed by atoms with Crippen LogP contribution in [0, 0.1) is 0 Å². The number of carboxylic acid groups (broad SMARTS) is 2. The zero-order valence-electron chi connectivity index (χ0n) is 12.4. The van der Waals surface area contributed by atoms with E-state index in [-0.39, 0.29) is 31.3 Å². The van der Waals surface area contributed by atoms with Gasteiger partial charge in [-0.1, -0.05) is 0 Å². The number of hydrogen-bond acceptors (Lipinski definition) is 5. The number of rotatable bonds is 11. The fraction of sp³-hybridized carbons (Fsp3) is 0.583. The lowest BCUT2D eigenvalue weighted by atomic mass is 10.2. The highest BCUT2D eigenvalue weighted by molar-refractivity contribution is 5.87. The van der Waals surface area contributed by atoms with E-state index in [1.54, 1.807) is 0 Å². The number of carbonyl (C=O) groups excluding carboxylic acids is 2. The van der Waals surface area contributed by atoms with Crippen molar-refractivity contribution in [3.63, 3.8) is 0 Å². The maximum atomic E-state index is 11.5. The second-order valence-corrected chi connectivity index (χ2v) is 4.57. The summed E-state index contributed by atoms with van der Waals surface area (Å²) in [5, 5.41) is 21.8. The summed E-state index contributed by atoms with van der Waals surface area (Å²) in [6, 6.07) is -1.50. The van der Waals surface area contributed by atoms with E-state index in [1.807, 2.05) is 0 Å². The molecule has 0 aliphatic rings. The lowest BCUT2D eigenvalue weighted by Crippen LogP contribution is -2.43. The number of carboxylic acids is 2. The molecule has 0 aliphatic heterocycles. The first-order chi connectivity index (χ1) is 10.7. The van der Waals surface area contributed by atoms with Crippen molar-refractivity contribution in [2.75, 3.05) is 13.1 Å². The van der Waals surface area contributed by atoms with Gasteiger partial charge in [0.15, 0.2) is 5.96 Å². The van der Waals surface area contributed by atoms with Gasteiger partial charge in [0.2, 0.25) is 11.8 Å². The van der Waals surface area contributed by atoms with Crippen molar-refractivity contribution in [3.8, 4) is 0 Å². The highest BCUT2D eigenvalue weighted by Crippen LogP contribution is 1.94. The summed E-state index contributed by atoms with van der Waals surface area (Å²) in [7, 11) is 0. The molecular weight excluding hydrogens is 310 g/mol. The van der Waals surface area contributed by atoms with E-state index in [1.165, 1.54) is 0 Å². The number of nitrogens with zero attached hydrogens (tertiary/aromatic N) is 1. The Morgan fingerprint density at radius 3 is 2.22 bits per heavy atom. The molecule has 1 atom stereocenters. The van der Waals surface area contributed by atoms with Crippen LogP contribution in [0.5, 0.6) is 0 Å². The summed E-state index contributed by atoms with van der Waals surface area (Å²) in [6.07, 6.45) is -0.272. The monoisotopic (exact) mass is 331 g/mol. The summed E-state index contributed by atoms with van der Waals surface area (Å²) in [4.78, 5) is 47.9. The lowest BCUT2D eigenvalue weighted by molar-refractivity contribution is -0.147. The minimum atomic E-state index is -1.50. The average molecular weight is 331 g/mol. The molecule has 0 saturated carbocycles. The predicted molar refractivity (Wildman–Crippen MR) is 79.4 cm³/mol. The first kappa shape index (κ1) is 20.1. The zero-order valence-corrected chi connectivity index (χ0v) is 12.4. The number of carbonyl (C=O) groups is 4. The van der Waals surface area contributed by atoms with Gasteiger partial charge in [-0.3, -0.25) is 19.4 Å². The Hall–Kier alpha value is -2.85. The Bertz CT molecular complexity index is 475.